The van der Waals surface area contributed by atoms with Gasteiger partial charge >= 0.3 is 0 Å². The van der Waals surface area contributed by atoms with Gasteiger partial charge in [-0.15, -0.1) is 0 Å². The van der Waals surface area contributed by atoms with E-state index in [0.717, 1.165) is 5.69 Å². The molecule has 1 aromatic heterocycles. The largest absolute Gasteiger partial charge is 0.303 e. The molecule has 0 atom stereocenters. The third-order valence-electron chi connectivity index (χ3n) is 0.730. The lowest BCUT2D eigenvalue weighted by molar-refractivity contribution is 1.02. The minimum absolute atomic E-state index is 0.0718. The van der Waals surface area contributed by atoms with Gasteiger partial charge < -0.3 is 5.10 Å². The van der Waals surface area contributed by atoms with E-state index in [2.05, 4.69) is 10.2 Å². The Morgan fingerprint density at radius 3 is 2.00 bits per heavy atom. The van der Waals surface area contributed by atoms with Crippen molar-refractivity contribution in [1.82, 2.24) is 10.2 Å². The fourth-order valence-electron chi connectivity index (χ4n) is 0.429. The van der Waals surface area contributed by atoms with Gasteiger partial charge in [-0.2, -0.15) is 0 Å². The number of aryl methyl sites for hydroxylation is 1. The van der Waals surface area contributed by atoms with Crippen LogP contribution in [0.5, 0.6) is 0 Å². The van der Waals surface area contributed by atoms with E-state index in [9.17, 15) is 4.79 Å². The van der Waals surface area contributed by atoms with Crippen molar-refractivity contribution in [3.63, 3.8) is 0 Å². The van der Waals surface area contributed by atoms with Gasteiger partial charge in [0.2, 0.25) is 0 Å². The first-order valence-electron chi connectivity index (χ1n) is 3.03. The first kappa shape index (κ1) is 8.01. The Morgan fingerprint density at radius 1 is 1.33 bits per heavy atom. The van der Waals surface area contributed by atoms with Crippen molar-refractivity contribution in [3.8, 4) is 0 Å². The quantitative estimate of drug-likeness (QED) is 0.538. The van der Waals surface area contributed by atoms with Crippen LogP contribution in [0.1, 0.15) is 19.5 Å². The van der Waals surface area contributed by atoms with Crippen LogP contribution in [0, 0.1) is 6.92 Å². The molecule has 52 valence electrons. The summed E-state index contributed by atoms with van der Waals surface area (Å²) in [4.78, 5) is 10.2. The summed E-state index contributed by atoms with van der Waals surface area (Å²) >= 11 is 0. The van der Waals surface area contributed by atoms with Gasteiger partial charge in [-0.05, 0) is 6.92 Å². The second-order valence-corrected chi connectivity index (χ2v) is 1.44. The Kier molecular flexibility index (Phi) is 3.51. The average Bonchev–Trinajstić information content (AvgIpc) is 2.20. The zero-order valence-corrected chi connectivity index (χ0v) is 5.99. The predicted molar refractivity (Wildman–Crippen MR) is 37.5 cm³/mol. The molecule has 3 heteroatoms. The molecule has 0 spiro atoms. The van der Waals surface area contributed by atoms with Crippen LogP contribution in [0.3, 0.4) is 0 Å². The molecule has 2 N–H and O–H groups in total. The lowest BCUT2D eigenvalue weighted by Crippen LogP contribution is -1.93. The fraction of sp³-hybridized carbons (Fsp3) is 0.500. The summed E-state index contributed by atoms with van der Waals surface area (Å²) in [7, 11) is 0. The normalized spacial score (nSPS) is 7.89. The maximum atomic E-state index is 10.2. The van der Waals surface area contributed by atoms with Crippen LogP contribution >= 0.6 is 0 Å². The van der Waals surface area contributed by atoms with Crippen molar-refractivity contribution < 1.29 is 0 Å². The van der Waals surface area contributed by atoms with Gasteiger partial charge in [-0.1, -0.05) is 13.8 Å². The van der Waals surface area contributed by atoms with Gasteiger partial charge in [-0.3, -0.25) is 9.89 Å². The predicted octanol–water partition coefficient (Wildman–Crippen LogP) is 1.04. The van der Waals surface area contributed by atoms with Gasteiger partial charge in [0.1, 0.15) is 0 Å². The Hall–Kier alpha value is -0.990. The second-order valence-electron chi connectivity index (χ2n) is 1.44. The number of hydrogen-bond donors (Lipinski definition) is 2. The van der Waals surface area contributed by atoms with Crippen molar-refractivity contribution >= 4 is 0 Å². The first-order valence-corrected chi connectivity index (χ1v) is 3.03. The molecular formula is C6H12N2O. The zero-order valence-electron chi connectivity index (χ0n) is 5.99. The summed E-state index contributed by atoms with van der Waals surface area (Å²) in [5.41, 5.74) is 0.794. The molecule has 0 bridgehead atoms. The molecule has 1 aromatic rings. The van der Waals surface area contributed by atoms with Crippen LogP contribution < -0.4 is 5.56 Å². The van der Waals surface area contributed by atoms with E-state index in [1.54, 1.807) is 0 Å². The Morgan fingerprint density at radius 2 is 1.89 bits per heavy atom. The zero-order chi connectivity index (χ0) is 7.28. The molecule has 0 unspecified atom stereocenters. The van der Waals surface area contributed by atoms with E-state index in [0.29, 0.717) is 0 Å². The maximum Gasteiger partial charge on any atom is 0.264 e. The molecule has 0 fully saturated rings. The summed E-state index contributed by atoms with van der Waals surface area (Å²) in [5, 5.41) is 5.02. The van der Waals surface area contributed by atoms with E-state index in [1.807, 2.05) is 20.8 Å². The van der Waals surface area contributed by atoms with E-state index in [1.165, 1.54) is 6.07 Å². The highest BCUT2D eigenvalue weighted by Crippen LogP contribution is 1.76. The van der Waals surface area contributed by atoms with Crippen LogP contribution in [0.2, 0.25) is 0 Å². The number of H-pyrrole nitrogens is 2. The smallest absolute Gasteiger partial charge is 0.264 e. The molecule has 0 aliphatic rings. The van der Waals surface area contributed by atoms with Gasteiger partial charge in [0.05, 0.1) is 0 Å². The Balaban J connectivity index is 0.000000291. The fourth-order valence-corrected chi connectivity index (χ4v) is 0.429. The highest BCUT2D eigenvalue weighted by Gasteiger charge is 1.81. The Bertz CT molecular complexity index is 199. The van der Waals surface area contributed by atoms with Crippen LogP contribution in [-0.4, -0.2) is 10.2 Å². The van der Waals surface area contributed by atoms with Crippen molar-refractivity contribution in [2.45, 2.75) is 20.8 Å². The molecule has 0 radical (unpaired) electrons. The minimum atomic E-state index is -0.0718. The molecule has 0 amide bonds. The lowest BCUT2D eigenvalue weighted by atomic mass is 10.5. The molecule has 3 nitrogen and oxygen atoms in total. The molecule has 0 aromatic carbocycles. The van der Waals surface area contributed by atoms with Crippen LogP contribution in [0.15, 0.2) is 10.9 Å². The molecule has 0 saturated carbocycles. The molecule has 9 heavy (non-hydrogen) atoms. The van der Waals surface area contributed by atoms with Crippen molar-refractivity contribution in [2.24, 2.45) is 0 Å². The second kappa shape index (κ2) is 3.95. The summed E-state index contributed by atoms with van der Waals surface area (Å²) in [6.07, 6.45) is 0. The topological polar surface area (TPSA) is 48.6 Å². The van der Waals surface area contributed by atoms with E-state index >= 15 is 0 Å². The van der Waals surface area contributed by atoms with Crippen LogP contribution in [0.4, 0.5) is 0 Å². The summed E-state index contributed by atoms with van der Waals surface area (Å²) < 4.78 is 0. The third kappa shape index (κ3) is 2.74. The SMILES string of the molecule is CC.Cc1cc(=O)[nH][nH]1. The van der Waals surface area contributed by atoms with Crippen molar-refractivity contribution in [3.05, 3.63) is 22.1 Å². The van der Waals surface area contributed by atoms with E-state index in [4.69, 9.17) is 0 Å². The number of aromatic nitrogens is 2. The van der Waals surface area contributed by atoms with Crippen molar-refractivity contribution in [1.29, 1.82) is 0 Å². The van der Waals surface area contributed by atoms with E-state index in [-0.39, 0.29) is 5.56 Å². The minimum Gasteiger partial charge on any atom is -0.303 e. The lowest BCUT2D eigenvalue weighted by Gasteiger charge is -1.69. The molecular weight excluding hydrogens is 116 g/mol. The van der Waals surface area contributed by atoms with Gasteiger partial charge in [-0.25, -0.2) is 0 Å². The summed E-state index contributed by atoms with van der Waals surface area (Å²) in [6, 6.07) is 1.50. The maximum absolute atomic E-state index is 10.2. The summed E-state index contributed by atoms with van der Waals surface area (Å²) in [6.45, 7) is 5.82. The molecule has 0 aliphatic carbocycles. The standard InChI is InChI=1S/C4H6N2O.C2H6/c1-3-2-4(7)6-5-3;1-2/h2H,1H3,(H2,5,6,7);1-2H3. The number of aromatic amines is 2. The molecule has 1 rings (SSSR count). The molecule has 0 aliphatic heterocycles. The molecule has 0 saturated heterocycles. The van der Waals surface area contributed by atoms with Crippen molar-refractivity contribution in [2.75, 3.05) is 0 Å². The average molecular weight is 128 g/mol. The number of rotatable bonds is 0. The van der Waals surface area contributed by atoms with Gasteiger partial charge in [0, 0.05) is 11.8 Å². The van der Waals surface area contributed by atoms with Crippen LogP contribution in [-0.2, 0) is 0 Å². The third-order valence-corrected chi connectivity index (χ3v) is 0.730. The van der Waals surface area contributed by atoms with Crippen LogP contribution in [0.25, 0.3) is 0 Å². The van der Waals surface area contributed by atoms with Gasteiger partial charge in [0.15, 0.2) is 0 Å². The molecule has 1 heterocycles. The highest BCUT2D eigenvalue weighted by molar-refractivity contribution is 4.92. The van der Waals surface area contributed by atoms with Gasteiger partial charge in [0.25, 0.3) is 5.56 Å². The number of nitrogens with one attached hydrogen (secondary N) is 2. The summed E-state index contributed by atoms with van der Waals surface area (Å²) in [5.74, 6) is 0. The highest BCUT2D eigenvalue weighted by atomic mass is 16.1. The van der Waals surface area contributed by atoms with E-state index < -0.39 is 0 Å². The monoisotopic (exact) mass is 128 g/mol. The first-order chi connectivity index (χ1) is 4.29. The number of hydrogen-bond acceptors (Lipinski definition) is 1. The Labute approximate surface area is 54.1 Å².